The quantitative estimate of drug-likeness (QED) is 0.703. The van der Waals surface area contributed by atoms with Crippen molar-refractivity contribution in [1.29, 1.82) is 0 Å². The highest BCUT2D eigenvalue weighted by Gasteiger charge is 2.30. The van der Waals surface area contributed by atoms with Gasteiger partial charge in [-0.05, 0) is 84.6 Å². The van der Waals surface area contributed by atoms with Gasteiger partial charge in [0.1, 0.15) is 0 Å². The molecule has 0 unspecified atom stereocenters. The summed E-state index contributed by atoms with van der Waals surface area (Å²) in [6, 6.07) is 2.50. The fourth-order valence-corrected chi connectivity index (χ4v) is 3.72. The van der Waals surface area contributed by atoms with Crippen LogP contribution in [0.5, 0.6) is 0 Å². The highest BCUT2D eigenvalue weighted by molar-refractivity contribution is 5.51. The van der Waals surface area contributed by atoms with Crippen molar-refractivity contribution in [3.8, 4) is 0 Å². The van der Waals surface area contributed by atoms with E-state index in [1.807, 2.05) is 0 Å². The van der Waals surface area contributed by atoms with Crippen LogP contribution in [0.1, 0.15) is 67.9 Å². The van der Waals surface area contributed by atoms with E-state index >= 15 is 0 Å². The summed E-state index contributed by atoms with van der Waals surface area (Å²) < 4.78 is 0. The number of aryl methyl sites for hydroxylation is 2. The predicted octanol–water partition coefficient (Wildman–Crippen LogP) is 4.73. The van der Waals surface area contributed by atoms with Crippen molar-refractivity contribution in [3.05, 3.63) is 33.9 Å². The van der Waals surface area contributed by atoms with Crippen LogP contribution >= 0.6 is 0 Å². The molecule has 0 spiro atoms. The molecule has 0 aromatic heterocycles. The van der Waals surface area contributed by atoms with E-state index in [4.69, 9.17) is 0 Å². The molecule has 0 heterocycles. The highest BCUT2D eigenvalue weighted by Crippen LogP contribution is 2.41. The Hall–Kier alpha value is -0.780. The van der Waals surface area contributed by atoms with E-state index in [2.05, 4.69) is 33.8 Å². The molecule has 2 aliphatic carbocycles. The molecule has 18 heavy (non-hydrogen) atoms. The Labute approximate surface area is 112 Å². The summed E-state index contributed by atoms with van der Waals surface area (Å²) in [5.41, 5.74) is 8.64. The minimum atomic E-state index is 0.310. The fraction of sp³-hybridized carbons (Fsp3) is 0.667. The van der Waals surface area contributed by atoms with Crippen molar-refractivity contribution < 1.29 is 0 Å². The van der Waals surface area contributed by atoms with Crippen molar-refractivity contribution in [2.75, 3.05) is 0 Å². The summed E-state index contributed by atoms with van der Waals surface area (Å²) in [5.74, 6) is 0.990. The molecular formula is C18H26. The third-order valence-electron chi connectivity index (χ3n) is 4.67. The lowest BCUT2D eigenvalue weighted by Gasteiger charge is -2.28. The Morgan fingerprint density at radius 3 is 2.50 bits per heavy atom. The largest absolute Gasteiger partial charge is 0.0561 e. The van der Waals surface area contributed by atoms with Gasteiger partial charge < -0.3 is 0 Å². The third-order valence-corrected chi connectivity index (χ3v) is 4.67. The van der Waals surface area contributed by atoms with E-state index in [-0.39, 0.29) is 0 Å². The Morgan fingerprint density at radius 2 is 1.89 bits per heavy atom. The van der Waals surface area contributed by atoms with Gasteiger partial charge in [-0.1, -0.05) is 26.8 Å². The molecule has 3 rings (SSSR count). The van der Waals surface area contributed by atoms with E-state index < -0.39 is 0 Å². The van der Waals surface area contributed by atoms with Crippen LogP contribution in [0.25, 0.3) is 0 Å². The van der Waals surface area contributed by atoms with E-state index in [1.165, 1.54) is 38.5 Å². The zero-order valence-electron chi connectivity index (χ0n) is 12.4. The molecule has 0 bridgehead atoms. The molecule has 0 amide bonds. The first-order valence-corrected chi connectivity index (χ1v) is 7.61. The number of benzene rings is 1. The lowest BCUT2D eigenvalue weighted by molar-refractivity contribution is 0.571. The first-order valence-electron chi connectivity index (χ1n) is 7.61. The summed E-state index contributed by atoms with van der Waals surface area (Å²) in [4.78, 5) is 0. The van der Waals surface area contributed by atoms with Crippen LogP contribution in [0.3, 0.4) is 0 Å². The zero-order chi connectivity index (χ0) is 12.9. The van der Waals surface area contributed by atoms with Gasteiger partial charge >= 0.3 is 0 Å². The first kappa shape index (κ1) is 12.3. The monoisotopic (exact) mass is 242 g/mol. The van der Waals surface area contributed by atoms with Crippen LogP contribution in [0.2, 0.25) is 0 Å². The lowest BCUT2D eigenvalue weighted by atomic mass is 9.76. The van der Waals surface area contributed by atoms with E-state index in [0.29, 0.717) is 5.41 Å². The minimum Gasteiger partial charge on any atom is -0.0561 e. The average Bonchev–Trinajstić information content (AvgIpc) is 2.95. The summed E-state index contributed by atoms with van der Waals surface area (Å²) in [5, 5.41) is 0. The van der Waals surface area contributed by atoms with Gasteiger partial charge in [0.2, 0.25) is 0 Å². The van der Waals surface area contributed by atoms with Gasteiger partial charge in [-0.2, -0.15) is 0 Å². The van der Waals surface area contributed by atoms with Crippen LogP contribution in [0, 0.1) is 12.8 Å². The highest BCUT2D eigenvalue weighted by atomic mass is 14.4. The van der Waals surface area contributed by atoms with Crippen molar-refractivity contribution in [1.82, 2.24) is 0 Å². The van der Waals surface area contributed by atoms with Gasteiger partial charge in [0.15, 0.2) is 0 Å². The summed E-state index contributed by atoms with van der Waals surface area (Å²) >= 11 is 0. The molecule has 0 radical (unpaired) electrons. The van der Waals surface area contributed by atoms with Gasteiger partial charge in [-0.25, -0.2) is 0 Å². The van der Waals surface area contributed by atoms with Crippen molar-refractivity contribution in [2.24, 2.45) is 5.92 Å². The molecule has 0 atom stereocenters. The molecule has 2 aliphatic rings. The van der Waals surface area contributed by atoms with Gasteiger partial charge in [0.05, 0.1) is 0 Å². The fourth-order valence-electron chi connectivity index (χ4n) is 3.72. The maximum absolute atomic E-state index is 2.50. The molecular weight excluding hydrogens is 216 g/mol. The van der Waals surface area contributed by atoms with Crippen molar-refractivity contribution in [3.63, 3.8) is 0 Å². The maximum Gasteiger partial charge on any atom is -0.0126 e. The summed E-state index contributed by atoms with van der Waals surface area (Å²) in [7, 11) is 0. The van der Waals surface area contributed by atoms with Gasteiger partial charge in [-0.15, -0.1) is 0 Å². The van der Waals surface area contributed by atoms with E-state index in [9.17, 15) is 0 Å². The van der Waals surface area contributed by atoms with Gasteiger partial charge in [-0.3, -0.25) is 0 Å². The van der Waals surface area contributed by atoms with Crippen LogP contribution in [-0.2, 0) is 24.7 Å². The average molecular weight is 242 g/mol. The Morgan fingerprint density at radius 1 is 1.17 bits per heavy atom. The number of hydrogen-bond donors (Lipinski definition) is 0. The second-order valence-corrected chi connectivity index (χ2v) is 7.44. The first-order chi connectivity index (χ1) is 8.47. The molecule has 1 aromatic carbocycles. The number of rotatable bonds is 2. The summed E-state index contributed by atoms with van der Waals surface area (Å²) in [6.07, 6.45) is 8.25. The Kier molecular flexibility index (Phi) is 2.80. The van der Waals surface area contributed by atoms with Crippen LogP contribution in [-0.4, -0.2) is 0 Å². The molecule has 98 valence electrons. The Bertz CT molecular complexity index is 470. The lowest BCUT2D eigenvalue weighted by Crippen LogP contribution is -2.19. The molecule has 1 saturated carbocycles. The normalized spacial score (nSPS) is 19.1. The van der Waals surface area contributed by atoms with E-state index in [1.54, 1.807) is 27.8 Å². The van der Waals surface area contributed by atoms with Crippen molar-refractivity contribution in [2.45, 2.75) is 71.6 Å². The molecule has 0 nitrogen and oxygen atoms in total. The van der Waals surface area contributed by atoms with Crippen LogP contribution in [0.15, 0.2) is 6.07 Å². The second kappa shape index (κ2) is 4.11. The zero-order valence-corrected chi connectivity index (χ0v) is 12.4. The molecule has 0 N–H and O–H groups in total. The van der Waals surface area contributed by atoms with Crippen LogP contribution in [0.4, 0.5) is 0 Å². The number of hydrogen-bond acceptors (Lipinski definition) is 0. The van der Waals surface area contributed by atoms with Crippen molar-refractivity contribution >= 4 is 0 Å². The summed E-state index contributed by atoms with van der Waals surface area (Å²) in [6.45, 7) is 9.54. The molecule has 1 aromatic rings. The SMILES string of the molecule is Cc1cc2c(c(C(C)(C)C)c1CC1CC1)CCC2. The predicted molar refractivity (Wildman–Crippen MR) is 78.3 cm³/mol. The number of fused-ring (bicyclic) bond motifs is 1. The van der Waals surface area contributed by atoms with Gasteiger partial charge in [0.25, 0.3) is 0 Å². The molecule has 0 aliphatic heterocycles. The molecule has 1 fully saturated rings. The smallest absolute Gasteiger partial charge is 0.0126 e. The van der Waals surface area contributed by atoms with Gasteiger partial charge in [0, 0.05) is 0 Å². The molecule has 0 heteroatoms. The topological polar surface area (TPSA) is 0 Å². The standard InChI is InChI=1S/C18H26/c1-12-10-14-6-5-7-15(14)17(18(2,3)4)16(12)11-13-8-9-13/h10,13H,5-9,11H2,1-4H3. The minimum absolute atomic E-state index is 0.310. The third kappa shape index (κ3) is 2.11. The Balaban J connectivity index is 2.15. The van der Waals surface area contributed by atoms with Crippen LogP contribution < -0.4 is 0 Å². The molecule has 0 saturated heterocycles. The second-order valence-electron chi connectivity index (χ2n) is 7.44. The maximum atomic E-state index is 2.50. The van der Waals surface area contributed by atoms with E-state index in [0.717, 1.165) is 5.92 Å².